The van der Waals surface area contributed by atoms with Crippen molar-refractivity contribution in [2.24, 2.45) is 0 Å². The van der Waals surface area contributed by atoms with Crippen molar-refractivity contribution >= 4 is 0 Å². The van der Waals surface area contributed by atoms with E-state index in [9.17, 15) is 13.2 Å². The molecule has 0 saturated heterocycles. The molecule has 0 aromatic heterocycles. The second-order valence-electron chi connectivity index (χ2n) is 5.16. The lowest BCUT2D eigenvalue weighted by molar-refractivity contribution is -0.137. The maximum Gasteiger partial charge on any atom is 0.416 e. The third-order valence-electron chi connectivity index (χ3n) is 2.97. The summed E-state index contributed by atoms with van der Waals surface area (Å²) >= 11 is 0. The van der Waals surface area contributed by atoms with Crippen molar-refractivity contribution in [1.82, 2.24) is 10.2 Å². The number of benzene rings is 1. The highest BCUT2D eigenvalue weighted by atomic mass is 19.4. The highest BCUT2D eigenvalue weighted by molar-refractivity contribution is 5.27. The van der Waals surface area contributed by atoms with Gasteiger partial charge in [-0.3, -0.25) is 0 Å². The van der Waals surface area contributed by atoms with E-state index in [2.05, 4.69) is 5.32 Å². The van der Waals surface area contributed by atoms with E-state index in [4.69, 9.17) is 0 Å². The van der Waals surface area contributed by atoms with E-state index in [0.29, 0.717) is 12.6 Å². The van der Waals surface area contributed by atoms with E-state index in [1.54, 1.807) is 12.1 Å². The minimum absolute atomic E-state index is 0.0599. The molecule has 19 heavy (non-hydrogen) atoms. The summed E-state index contributed by atoms with van der Waals surface area (Å²) in [5.41, 5.74) is 0.275. The molecule has 1 unspecified atom stereocenters. The van der Waals surface area contributed by atoms with Crippen molar-refractivity contribution in [2.75, 3.05) is 20.6 Å². The Labute approximate surface area is 112 Å². The van der Waals surface area contributed by atoms with E-state index in [-0.39, 0.29) is 6.04 Å². The van der Waals surface area contributed by atoms with Crippen LogP contribution in [0.4, 0.5) is 13.2 Å². The third-order valence-corrected chi connectivity index (χ3v) is 2.97. The molecule has 0 aliphatic heterocycles. The van der Waals surface area contributed by atoms with Gasteiger partial charge in [0.15, 0.2) is 0 Å². The summed E-state index contributed by atoms with van der Waals surface area (Å²) in [7, 11) is 3.84. The van der Waals surface area contributed by atoms with Crippen molar-refractivity contribution in [2.45, 2.75) is 32.1 Å². The zero-order chi connectivity index (χ0) is 14.6. The van der Waals surface area contributed by atoms with E-state index in [1.807, 2.05) is 32.8 Å². The zero-order valence-electron chi connectivity index (χ0n) is 11.8. The minimum Gasteiger partial charge on any atom is -0.313 e. The van der Waals surface area contributed by atoms with Crippen LogP contribution in [0.3, 0.4) is 0 Å². The van der Waals surface area contributed by atoms with Crippen LogP contribution in [0.1, 0.15) is 31.0 Å². The molecular weight excluding hydrogens is 253 g/mol. The summed E-state index contributed by atoms with van der Waals surface area (Å²) in [5.74, 6) is 0. The van der Waals surface area contributed by atoms with Gasteiger partial charge in [-0.25, -0.2) is 0 Å². The zero-order valence-corrected chi connectivity index (χ0v) is 11.8. The second kappa shape index (κ2) is 6.39. The summed E-state index contributed by atoms with van der Waals surface area (Å²) < 4.78 is 37.5. The topological polar surface area (TPSA) is 15.3 Å². The summed E-state index contributed by atoms with van der Waals surface area (Å²) in [5, 5.41) is 3.31. The fourth-order valence-corrected chi connectivity index (χ4v) is 1.84. The van der Waals surface area contributed by atoms with E-state index < -0.39 is 11.7 Å². The maximum absolute atomic E-state index is 12.5. The molecule has 0 aliphatic carbocycles. The van der Waals surface area contributed by atoms with Crippen LogP contribution in [-0.2, 0) is 6.18 Å². The molecule has 108 valence electrons. The molecular formula is C14H21F3N2. The summed E-state index contributed by atoms with van der Waals surface area (Å²) in [6.45, 7) is 4.79. The molecule has 1 rings (SSSR count). The predicted octanol–water partition coefficient (Wildman–Crippen LogP) is 3.31. The molecule has 0 spiro atoms. The van der Waals surface area contributed by atoms with Crippen LogP contribution in [0.15, 0.2) is 24.3 Å². The first-order valence-electron chi connectivity index (χ1n) is 6.28. The predicted molar refractivity (Wildman–Crippen MR) is 71.0 cm³/mol. The van der Waals surface area contributed by atoms with Gasteiger partial charge in [0.1, 0.15) is 0 Å². The van der Waals surface area contributed by atoms with Gasteiger partial charge in [0.05, 0.1) is 5.56 Å². The molecule has 0 bridgehead atoms. The summed E-state index contributed by atoms with van der Waals surface area (Å²) in [6, 6.07) is 5.79. The number of nitrogens with zero attached hydrogens (tertiary/aromatic N) is 1. The summed E-state index contributed by atoms with van der Waals surface area (Å²) in [4.78, 5) is 2.00. The average molecular weight is 274 g/mol. The van der Waals surface area contributed by atoms with Crippen LogP contribution in [0, 0.1) is 0 Å². The normalized spacial score (nSPS) is 14.2. The van der Waals surface area contributed by atoms with E-state index in [1.165, 1.54) is 0 Å². The molecule has 0 amide bonds. The van der Waals surface area contributed by atoms with Crippen LogP contribution >= 0.6 is 0 Å². The number of likely N-dealkylation sites (N-methyl/N-ethyl adjacent to an activating group) is 1. The fraction of sp³-hybridized carbons (Fsp3) is 0.571. The molecule has 0 heterocycles. The molecule has 0 fully saturated rings. The second-order valence-corrected chi connectivity index (χ2v) is 5.16. The minimum atomic E-state index is -4.28. The van der Waals surface area contributed by atoms with Gasteiger partial charge in [-0.05, 0) is 31.8 Å². The Bertz CT molecular complexity index is 383. The van der Waals surface area contributed by atoms with Crippen molar-refractivity contribution < 1.29 is 13.2 Å². The Morgan fingerprint density at radius 3 is 2.00 bits per heavy atom. The third kappa shape index (κ3) is 4.84. The Balaban J connectivity index is 2.86. The van der Waals surface area contributed by atoms with Crippen LogP contribution in [0.25, 0.3) is 0 Å². The van der Waals surface area contributed by atoms with Crippen LogP contribution in [-0.4, -0.2) is 31.6 Å². The van der Waals surface area contributed by atoms with Gasteiger partial charge in [-0.1, -0.05) is 26.0 Å². The number of hydrogen-bond acceptors (Lipinski definition) is 2. The van der Waals surface area contributed by atoms with Crippen LogP contribution in [0.5, 0.6) is 0 Å². The quantitative estimate of drug-likeness (QED) is 0.886. The Morgan fingerprint density at radius 2 is 1.63 bits per heavy atom. The largest absolute Gasteiger partial charge is 0.416 e. The molecule has 1 aromatic carbocycles. The Hall–Kier alpha value is -1.07. The Morgan fingerprint density at radius 1 is 1.11 bits per heavy atom. The fourth-order valence-electron chi connectivity index (χ4n) is 1.84. The molecule has 2 nitrogen and oxygen atoms in total. The number of hydrogen-bond donors (Lipinski definition) is 1. The smallest absolute Gasteiger partial charge is 0.313 e. The first-order valence-corrected chi connectivity index (χ1v) is 6.28. The lowest BCUT2D eigenvalue weighted by Crippen LogP contribution is -2.34. The number of rotatable bonds is 5. The van der Waals surface area contributed by atoms with Crippen LogP contribution in [0.2, 0.25) is 0 Å². The van der Waals surface area contributed by atoms with Gasteiger partial charge < -0.3 is 10.2 Å². The lowest BCUT2D eigenvalue weighted by Gasteiger charge is -2.26. The van der Waals surface area contributed by atoms with Gasteiger partial charge in [0, 0.05) is 18.6 Å². The maximum atomic E-state index is 12.5. The van der Waals surface area contributed by atoms with Gasteiger partial charge in [0.25, 0.3) is 0 Å². The first-order chi connectivity index (χ1) is 8.71. The number of halogens is 3. The summed E-state index contributed by atoms with van der Waals surface area (Å²) in [6.07, 6.45) is -4.28. The molecule has 1 N–H and O–H groups in total. The van der Waals surface area contributed by atoms with Gasteiger partial charge in [-0.15, -0.1) is 0 Å². The van der Waals surface area contributed by atoms with Crippen LogP contribution < -0.4 is 5.32 Å². The SMILES string of the molecule is CC(C)NCC(c1ccc(C(F)(F)F)cc1)N(C)C. The Kier molecular flexibility index (Phi) is 5.38. The lowest BCUT2D eigenvalue weighted by atomic mass is 10.0. The highest BCUT2D eigenvalue weighted by Crippen LogP contribution is 2.30. The molecule has 0 aliphatic rings. The van der Waals surface area contributed by atoms with E-state index in [0.717, 1.165) is 17.7 Å². The average Bonchev–Trinajstić information content (AvgIpc) is 2.27. The molecule has 0 radical (unpaired) electrons. The number of alkyl halides is 3. The highest BCUT2D eigenvalue weighted by Gasteiger charge is 2.30. The molecule has 5 heteroatoms. The van der Waals surface area contributed by atoms with Gasteiger partial charge in [-0.2, -0.15) is 13.2 Å². The van der Waals surface area contributed by atoms with Crippen molar-refractivity contribution in [3.63, 3.8) is 0 Å². The monoisotopic (exact) mass is 274 g/mol. The standard InChI is InChI=1S/C14H21F3N2/c1-10(2)18-9-13(19(3)4)11-5-7-12(8-6-11)14(15,16)17/h5-8,10,13,18H,9H2,1-4H3. The van der Waals surface area contributed by atoms with Crippen molar-refractivity contribution in [3.05, 3.63) is 35.4 Å². The molecule has 0 saturated carbocycles. The van der Waals surface area contributed by atoms with E-state index >= 15 is 0 Å². The van der Waals surface area contributed by atoms with Crippen molar-refractivity contribution in [1.29, 1.82) is 0 Å². The van der Waals surface area contributed by atoms with Gasteiger partial charge in [0.2, 0.25) is 0 Å². The molecule has 1 aromatic rings. The van der Waals surface area contributed by atoms with Gasteiger partial charge >= 0.3 is 6.18 Å². The number of nitrogens with one attached hydrogen (secondary N) is 1. The van der Waals surface area contributed by atoms with Crippen molar-refractivity contribution in [3.8, 4) is 0 Å². The molecule has 1 atom stereocenters. The first kappa shape index (κ1) is 16.0.